The zero-order chi connectivity index (χ0) is 23.4. The molecule has 3 aliphatic rings. The summed E-state index contributed by atoms with van der Waals surface area (Å²) in [4.78, 5) is 24.6. The lowest BCUT2D eigenvalue weighted by atomic mass is 9.94. The number of rotatable bonds is 6. The van der Waals surface area contributed by atoms with Crippen molar-refractivity contribution in [1.82, 2.24) is 15.0 Å². The summed E-state index contributed by atoms with van der Waals surface area (Å²) in [5, 5.41) is 10.4. The molecule has 3 fully saturated rings. The molecule has 1 aromatic carbocycles. The molecular weight excluding hydrogens is 462 g/mol. The largest absolute Gasteiger partial charge is 0.465 e. The van der Waals surface area contributed by atoms with Crippen molar-refractivity contribution in [3.8, 4) is 17.3 Å². The van der Waals surface area contributed by atoms with Crippen molar-refractivity contribution in [3.63, 3.8) is 0 Å². The number of carbonyl (C=O) groups excluding carboxylic acids is 1. The number of carbonyl (C=O) groups is 1. The Labute approximate surface area is 200 Å². The molecule has 0 spiro atoms. The average molecular weight is 486 g/mol. The molecule has 0 amide bonds. The molecule has 10 heteroatoms. The van der Waals surface area contributed by atoms with Crippen molar-refractivity contribution < 1.29 is 28.8 Å². The van der Waals surface area contributed by atoms with Crippen LogP contribution in [0.15, 0.2) is 30.3 Å². The van der Waals surface area contributed by atoms with Crippen LogP contribution in [0.3, 0.4) is 0 Å². The van der Waals surface area contributed by atoms with Gasteiger partial charge in [-0.05, 0) is 31.4 Å². The van der Waals surface area contributed by atoms with Crippen molar-refractivity contribution in [3.05, 3.63) is 40.9 Å². The molecular formula is C24H24ClN3O6. The maximum Gasteiger partial charge on any atom is 0.316 e. The molecule has 4 heterocycles. The zero-order valence-corrected chi connectivity index (χ0v) is 19.2. The number of nitrogens with zero attached hydrogens (tertiary/aromatic N) is 2. The average Bonchev–Trinajstić information content (AvgIpc) is 3.22. The van der Waals surface area contributed by atoms with E-state index in [1.54, 1.807) is 6.07 Å². The van der Waals surface area contributed by atoms with Gasteiger partial charge in [-0.1, -0.05) is 35.9 Å². The number of aliphatic hydroxyl groups is 1. The van der Waals surface area contributed by atoms with Crippen molar-refractivity contribution in [2.24, 2.45) is 0 Å². The molecule has 0 bridgehead atoms. The number of aromatic amines is 1. The highest BCUT2D eigenvalue weighted by atomic mass is 35.5. The highest BCUT2D eigenvalue weighted by Gasteiger charge is 2.52. The third kappa shape index (κ3) is 3.54. The van der Waals surface area contributed by atoms with E-state index >= 15 is 0 Å². The van der Waals surface area contributed by atoms with Crippen LogP contribution in [0.25, 0.3) is 22.4 Å². The van der Waals surface area contributed by atoms with Gasteiger partial charge in [-0.3, -0.25) is 4.79 Å². The van der Waals surface area contributed by atoms with Gasteiger partial charge in [0.15, 0.2) is 11.8 Å². The van der Waals surface area contributed by atoms with Crippen LogP contribution in [-0.4, -0.2) is 70.3 Å². The minimum absolute atomic E-state index is 0.166. The fourth-order valence-electron chi connectivity index (χ4n) is 4.79. The SMILES string of the molecule is CCOC(=O)C1(c2ccc(-c3nc4nc(O[C@@H]5CO[C@H]6[C@@H]5OC[C@H]6O)[nH]c4cc3Cl)cc2)CC1. The van der Waals surface area contributed by atoms with E-state index in [-0.39, 0.29) is 36.9 Å². The summed E-state index contributed by atoms with van der Waals surface area (Å²) >= 11 is 6.55. The molecule has 9 nitrogen and oxygen atoms in total. The summed E-state index contributed by atoms with van der Waals surface area (Å²) in [6.45, 7) is 2.73. The lowest BCUT2D eigenvalue weighted by molar-refractivity contribution is -0.146. The Morgan fingerprint density at radius 3 is 2.71 bits per heavy atom. The van der Waals surface area contributed by atoms with Gasteiger partial charge in [-0.2, -0.15) is 4.98 Å². The van der Waals surface area contributed by atoms with Crippen LogP contribution in [0.2, 0.25) is 5.02 Å². The minimum atomic E-state index is -0.643. The predicted molar refractivity (Wildman–Crippen MR) is 122 cm³/mol. The smallest absolute Gasteiger partial charge is 0.316 e. The lowest BCUT2D eigenvalue weighted by Gasteiger charge is -2.15. The molecule has 6 rings (SSSR count). The Bertz CT molecular complexity index is 1240. The van der Waals surface area contributed by atoms with Gasteiger partial charge in [0.1, 0.15) is 18.3 Å². The standard InChI is InChI=1S/C24H24ClN3O6/c1-2-31-22(30)24(7-8-24)13-5-3-12(4-6-13)18-14(25)9-15-21(27-18)28-23(26-15)34-17-11-33-19-16(29)10-32-20(17)19/h3-6,9,16-17,19-20,29H,2,7-8,10-11H2,1H3,(H,26,27,28)/t16-,17-,19-,20-/m1/s1. The van der Waals surface area contributed by atoms with Crippen LogP contribution in [0.1, 0.15) is 25.3 Å². The Balaban J connectivity index is 1.23. The van der Waals surface area contributed by atoms with Gasteiger partial charge < -0.3 is 29.0 Å². The normalized spacial score (nSPS) is 27.0. The molecule has 0 unspecified atom stereocenters. The molecule has 178 valence electrons. The van der Waals surface area contributed by atoms with Crippen molar-refractivity contribution in [2.75, 3.05) is 19.8 Å². The number of halogens is 1. The van der Waals surface area contributed by atoms with Gasteiger partial charge in [0.2, 0.25) is 0 Å². The third-order valence-corrected chi connectivity index (χ3v) is 7.06. The molecule has 1 saturated carbocycles. The van der Waals surface area contributed by atoms with Gasteiger partial charge in [0.25, 0.3) is 6.01 Å². The molecule has 2 N–H and O–H groups in total. The first-order chi connectivity index (χ1) is 16.5. The molecule has 3 aromatic rings. The van der Waals surface area contributed by atoms with Crippen molar-refractivity contribution in [2.45, 2.75) is 49.6 Å². The van der Waals surface area contributed by atoms with Crippen LogP contribution in [0, 0.1) is 0 Å². The van der Waals surface area contributed by atoms with Crippen LogP contribution in [-0.2, 0) is 24.4 Å². The number of nitrogens with one attached hydrogen (secondary N) is 1. The van der Waals surface area contributed by atoms with E-state index in [0.29, 0.717) is 35.1 Å². The fraction of sp³-hybridized carbons (Fsp3) is 0.458. The number of ether oxygens (including phenoxy) is 4. The molecule has 2 saturated heterocycles. The molecule has 0 radical (unpaired) electrons. The number of aliphatic hydroxyl groups excluding tert-OH is 1. The first kappa shape index (κ1) is 21.8. The summed E-state index contributed by atoms with van der Waals surface area (Å²) in [7, 11) is 0. The second kappa shape index (κ2) is 8.20. The number of esters is 1. The zero-order valence-electron chi connectivity index (χ0n) is 18.5. The first-order valence-corrected chi connectivity index (χ1v) is 11.8. The molecule has 2 aromatic heterocycles. The third-order valence-electron chi connectivity index (χ3n) is 6.78. The molecule has 34 heavy (non-hydrogen) atoms. The summed E-state index contributed by atoms with van der Waals surface area (Å²) in [5.74, 6) is -0.166. The van der Waals surface area contributed by atoms with Gasteiger partial charge in [0.05, 0.1) is 41.5 Å². The number of fused-ring (bicyclic) bond motifs is 2. The number of hydrogen-bond acceptors (Lipinski definition) is 8. The van der Waals surface area contributed by atoms with E-state index in [1.807, 2.05) is 31.2 Å². The van der Waals surface area contributed by atoms with Crippen LogP contribution >= 0.6 is 11.6 Å². The van der Waals surface area contributed by atoms with Gasteiger partial charge >= 0.3 is 5.97 Å². The first-order valence-electron chi connectivity index (χ1n) is 11.4. The van der Waals surface area contributed by atoms with Crippen molar-refractivity contribution in [1.29, 1.82) is 0 Å². The quantitative estimate of drug-likeness (QED) is 0.512. The Hall–Kier alpha value is -2.72. The van der Waals surface area contributed by atoms with Crippen LogP contribution < -0.4 is 4.74 Å². The second-order valence-corrected chi connectivity index (χ2v) is 9.34. The Kier molecular flexibility index (Phi) is 5.25. The molecule has 2 aliphatic heterocycles. The maximum absolute atomic E-state index is 12.4. The van der Waals surface area contributed by atoms with E-state index < -0.39 is 11.5 Å². The molecule has 1 aliphatic carbocycles. The fourth-order valence-corrected chi connectivity index (χ4v) is 5.05. The topological polar surface area (TPSA) is 116 Å². The monoisotopic (exact) mass is 485 g/mol. The molecule has 4 atom stereocenters. The maximum atomic E-state index is 12.4. The van der Waals surface area contributed by atoms with Crippen molar-refractivity contribution >= 4 is 28.7 Å². The highest BCUT2D eigenvalue weighted by Crippen LogP contribution is 2.49. The van der Waals surface area contributed by atoms with E-state index in [2.05, 4.69) is 15.0 Å². The van der Waals surface area contributed by atoms with Gasteiger partial charge in [-0.15, -0.1) is 0 Å². The van der Waals surface area contributed by atoms with Crippen LogP contribution in [0.4, 0.5) is 0 Å². The number of H-pyrrole nitrogens is 1. The summed E-state index contributed by atoms with van der Waals surface area (Å²) < 4.78 is 22.4. The number of benzene rings is 1. The summed E-state index contributed by atoms with van der Waals surface area (Å²) in [6, 6.07) is 9.75. The van der Waals surface area contributed by atoms with E-state index in [0.717, 1.165) is 24.0 Å². The minimum Gasteiger partial charge on any atom is -0.465 e. The van der Waals surface area contributed by atoms with E-state index in [9.17, 15) is 9.90 Å². The van der Waals surface area contributed by atoms with Gasteiger partial charge in [-0.25, -0.2) is 4.98 Å². The van der Waals surface area contributed by atoms with E-state index in [4.69, 9.17) is 30.5 Å². The lowest BCUT2D eigenvalue weighted by Crippen LogP contribution is -2.34. The number of imidazole rings is 1. The second-order valence-electron chi connectivity index (χ2n) is 8.93. The number of aromatic nitrogens is 3. The predicted octanol–water partition coefficient (Wildman–Crippen LogP) is 2.78. The Morgan fingerprint density at radius 2 is 1.97 bits per heavy atom. The van der Waals surface area contributed by atoms with E-state index in [1.165, 1.54) is 0 Å². The van der Waals surface area contributed by atoms with Crippen LogP contribution in [0.5, 0.6) is 6.01 Å². The number of pyridine rings is 1. The Morgan fingerprint density at radius 1 is 1.21 bits per heavy atom. The summed E-state index contributed by atoms with van der Waals surface area (Å²) in [6.07, 6.45) is -0.142. The number of hydrogen-bond donors (Lipinski definition) is 2. The summed E-state index contributed by atoms with van der Waals surface area (Å²) in [5.41, 5.74) is 2.94. The highest BCUT2D eigenvalue weighted by molar-refractivity contribution is 6.33. The van der Waals surface area contributed by atoms with Gasteiger partial charge in [0, 0.05) is 5.56 Å².